The number of Topliss-reactive ketones (excluding diaryl/α,β-unsaturated/α-hetero) is 1. The molecule has 0 aliphatic carbocycles. The fourth-order valence-electron chi connectivity index (χ4n) is 2.60. The molecule has 1 aromatic carbocycles. The van der Waals surface area contributed by atoms with Crippen LogP contribution in [0.5, 0.6) is 0 Å². The number of carbonyl (C=O) groups is 1. The Morgan fingerprint density at radius 2 is 2.10 bits per heavy atom. The maximum atomic E-state index is 12.3. The second kappa shape index (κ2) is 5.44. The number of furan rings is 1. The molecule has 0 saturated heterocycles. The van der Waals surface area contributed by atoms with Crippen LogP contribution in [-0.4, -0.2) is 10.4 Å². The van der Waals surface area contributed by atoms with Gasteiger partial charge in [-0.3, -0.25) is 10.5 Å². The molecule has 0 fully saturated rings. The maximum Gasteiger partial charge on any atom is 0.356 e. The predicted molar refractivity (Wildman–Crippen MR) is 79.9 cm³/mol. The molecule has 0 saturated carbocycles. The third kappa shape index (κ3) is 2.31. The number of anilines is 1. The van der Waals surface area contributed by atoms with E-state index < -0.39 is 0 Å². The molecule has 2 N–H and O–H groups in total. The molecule has 5 heteroatoms. The van der Waals surface area contributed by atoms with Crippen LogP contribution in [0, 0.1) is 0 Å². The Bertz CT molecular complexity index is 772. The van der Waals surface area contributed by atoms with Gasteiger partial charge in [-0.2, -0.15) is 0 Å². The van der Waals surface area contributed by atoms with Crippen molar-refractivity contribution in [2.24, 2.45) is 0 Å². The summed E-state index contributed by atoms with van der Waals surface area (Å²) >= 11 is 0. The molecule has 0 amide bonds. The molecule has 0 atom stereocenters. The first-order chi connectivity index (χ1) is 10.2. The van der Waals surface area contributed by atoms with Crippen LogP contribution >= 0.6 is 0 Å². The van der Waals surface area contributed by atoms with Crippen LogP contribution in [0.4, 0.5) is 5.95 Å². The average molecular weight is 284 g/mol. The van der Waals surface area contributed by atoms with E-state index in [0.29, 0.717) is 11.7 Å². The van der Waals surface area contributed by atoms with Crippen LogP contribution in [0.25, 0.3) is 11.0 Å². The molecule has 0 spiro atoms. The van der Waals surface area contributed by atoms with Crippen molar-refractivity contribution >= 4 is 22.8 Å². The summed E-state index contributed by atoms with van der Waals surface area (Å²) in [5.41, 5.74) is 8.25. The van der Waals surface area contributed by atoms with Crippen LogP contribution in [0.1, 0.15) is 23.9 Å². The number of nitrogens with zero attached hydrogens (tertiary/aromatic N) is 2. The maximum absolute atomic E-state index is 12.3. The molecule has 5 nitrogen and oxygen atoms in total. The normalized spacial score (nSPS) is 11.1. The highest BCUT2D eigenvalue weighted by molar-refractivity contribution is 5.92. The van der Waals surface area contributed by atoms with Crippen LogP contribution < -0.4 is 10.3 Å². The molecule has 108 valence electrons. The Labute approximate surface area is 122 Å². The lowest BCUT2D eigenvalue weighted by atomic mass is 10.2. The lowest BCUT2D eigenvalue weighted by Gasteiger charge is -2.00. The molecular weight excluding hydrogens is 266 g/mol. The highest BCUT2D eigenvalue weighted by atomic mass is 16.3. The number of nitrogens with two attached hydrogens (primary N) is 1. The predicted octanol–water partition coefficient (Wildman–Crippen LogP) is 2.40. The van der Waals surface area contributed by atoms with Gasteiger partial charge in [0.05, 0.1) is 12.8 Å². The highest BCUT2D eigenvalue weighted by Gasteiger charge is 2.23. The van der Waals surface area contributed by atoms with Crippen molar-refractivity contribution in [1.82, 2.24) is 4.57 Å². The number of para-hydroxylation sites is 2. The topological polar surface area (TPSA) is 65.0 Å². The zero-order valence-corrected chi connectivity index (χ0v) is 12.0. The van der Waals surface area contributed by atoms with E-state index >= 15 is 0 Å². The number of ketones is 1. The summed E-state index contributed by atoms with van der Waals surface area (Å²) in [5, 5.41) is 0. The minimum atomic E-state index is -0.0869. The number of benzene rings is 1. The van der Waals surface area contributed by atoms with Gasteiger partial charge in [0.15, 0.2) is 5.76 Å². The molecule has 3 aromatic rings. The number of hydrogen-bond donors (Lipinski definition) is 1. The van der Waals surface area contributed by atoms with E-state index in [4.69, 9.17) is 10.2 Å². The Morgan fingerprint density at radius 1 is 1.29 bits per heavy atom. The molecule has 3 rings (SSSR count). The van der Waals surface area contributed by atoms with Gasteiger partial charge in [-0.05, 0) is 30.7 Å². The molecule has 2 heterocycles. The SMILES string of the molecule is CCCn1c(N)[n+](CC(=O)c2ccco2)c2ccccc21. The van der Waals surface area contributed by atoms with Gasteiger partial charge in [-0.15, -0.1) is 0 Å². The molecule has 0 bridgehead atoms. The van der Waals surface area contributed by atoms with E-state index in [9.17, 15) is 4.79 Å². The number of fused-ring (bicyclic) bond motifs is 1. The van der Waals surface area contributed by atoms with E-state index in [-0.39, 0.29) is 12.3 Å². The lowest BCUT2D eigenvalue weighted by Crippen LogP contribution is -2.40. The number of aryl methyl sites for hydroxylation is 1. The molecule has 0 aliphatic heterocycles. The van der Waals surface area contributed by atoms with Crippen molar-refractivity contribution < 1.29 is 13.8 Å². The summed E-state index contributed by atoms with van der Waals surface area (Å²) < 4.78 is 9.05. The Hall–Kier alpha value is -2.56. The van der Waals surface area contributed by atoms with Crippen molar-refractivity contribution in [3.05, 3.63) is 48.4 Å². The second-order valence-corrected chi connectivity index (χ2v) is 4.99. The van der Waals surface area contributed by atoms with E-state index in [1.807, 2.05) is 33.4 Å². The monoisotopic (exact) mass is 284 g/mol. The fraction of sp³-hybridized carbons (Fsp3) is 0.250. The first-order valence-electron chi connectivity index (χ1n) is 7.05. The van der Waals surface area contributed by atoms with Gasteiger partial charge in [0, 0.05) is 0 Å². The number of hydrogen-bond acceptors (Lipinski definition) is 3. The zero-order valence-electron chi connectivity index (χ0n) is 12.0. The van der Waals surface area contributed by atoms with Gasteiger partial charge in [-0.25, -0.2) is 9.13 Å². The Balaban J connectivity index is 2.06. The number of imidazole rings is 1. The summed E-state index contributed by atoms with van der Waals surface area (Å²) in [7, 11) is 0. The van der Waals surface area contributed by atoms with E-state index in [1.165, 1.54) is 6.26 Å². The third-order valence-electron chi connectivity index (χ3n) is 3.56. The molecule has 21 heavy (non-hydrogen) atoms. The lowest BCUT2D eigenvalue weighted by molar-refractivity contribution is -0.642. The fourth-order valence-corrected chi connectivity index (χ4v) is 2.60. The van der Waals surface area contributed by atoms with Crippen LogP contribution in [0.2, 0.25) is 0 Å². The average Bonchev–Trinajstić information content (AvgIpc) is 3.11. The van der Waals surface area contributed by atoms with Gasteiger partial charge in [0.1, 0.15) is 17.6 Å². The standard InChI is InChI=1S/C16H17N3O2/c1-2-9-18-12-6-3-4-7-13(12)19(16(18)17)11-14(20)15-8-5-10-21-15/h3-8,10,17H,2,9,11H2,1H3/p+1. The minimum absolute atomic E-state index is 0.0869. The van der Waals surface area contributed by atoms with Gasteiger partial charge < -0.3 is 4.42 Å². The first kappa shape index (κ1) is 13.4. The number of rotatable bonds is 5. The Morgan fingerprint density at radius 3 is 2.81 bits per heavy atom. The third-order valence-corrected chi connectivity index (χ3v) is 3.56. The summed E-state index contributed by atoms with van der Waals surface area (Å²) in [6, 6.07) is 11.3. The summed E-state index contributed by atoms with van der Waals surface area (Å²) in [6.45, 7) is 3.11. The minimum Gasteiger partial charge on any atom is -0.461 e. The number of nitrogen functional groups attached to an aromatic ring is 1. The van der Waals surface area contributed by atoms with Gasteiger partial charge >= 0.3 is 5.95 Å². The molecule has 2 aromatic heterocycles. The molecule has 0 aliphatic rings. The van der Waals surface area contributed by atoms with Crippen LogP contribution in [0.3, 0.4) is 0 Å². The first-order valence-corrected chi connectivity index (χ1v) is 7.05. The quantitative estimate of drug-likeness (QED) is 0.578. The highest BCUT2D eigenvalue weighted by Crippen LogP contribution is 2.17. The van der Waals surface area contributed by atoms with Gasteiger partial charge in [-0.1, -0.05) is 19.1 Å². The molecule has 0 radical (unpaired) electrons. The smallest absolute Gasteiger partial charge is 0.356 e. The van der Waals surface area contributed by atoms with E-state index in [2.05, 4.69) is 6.92 Å². The van der Waals surface area contributed by atoms with E-state index in [0.717, 1.165) is 24.0 Å². The number of carbonyl (C=O) groups excluding carboxylic acids is 1. The van der Waals surface area contributed by atoms with Crippen molar-refractivity contribution in [2.75, 3.05) is 5.73 Å². The molecule has 0 unspecified atom stereocenters. The van der Waals surface area contributed by atoms with Gasteiger partial charge in [0.2, 0.25) is 5.78 Å². The zero-order chi connectivity index (χ0) is 14.8. The van der Waals surface area contributed by atoms with Gasteiger partial charge in [0.25, 0.3) is 0 Å². The van der Waals surface area contributed by atoms with Crippen molar-refractivity contribution in [3.8, 4) is 0 Å². The molecular formula is C16H18N3O2+. The van der Waals surface area contributed by atoms with Crippen LogP contribution in [0.15, 0.2) is 47.1 Å². The van der Waals surface area contributed by atoms with Crippen molar-refractivity contribution in [3.63, 3.8) is 0 Å². The summed E-state index contributed by atoms with van der Waals surface area (Å²) in [6.07, 6.45) is 2.48. The summed E-state index contributed by atoms with van der Waals surface area (Å²) in [5.74, 6) is 0.864. The Kier molecular flexibility index (Phi) is 3.48. The summed E-state index contributed by atoms with van der Waals surface area (Å²) in [4.78, 5) is 12.3. The van der Waals surface area contributed by atoms with Crippen molar-refractivity contribution in [2.45, 2.75) is 26.4 Å². The largest absolute Gasteiger partial charge is 0.461 e. The van der Waals surface area contributed by atoms with Crippen molar-refractivity contribution in [1.29, 1.82) is 0 Å². The van der Waals surface area contributed by atoms with Crippen LogP contribution in [-0.2, 0) is 13.1 Å². The second-order valence-electron chi connectivity index (χ2n) is 4.99. The van der Waals surface area contributed by atoms with E-state index in [1.54, 1.807) is 12.1 Å². The number of aromatic nitrogens is 2.